The zero-order chi connectivity index (χ0) is 12.6. The van der Waals surface area contributed by atoms with Crippen molar-refractivity contribution in [3.8, 4) is 0 Å². The van der Waals surface area contributed by atoms with Gasteiger partial charge in [0.2, 0.25) is 0 Å². The molecular weight excluding hydrogens is 206 g/mol. The minimum Gasteiger partial charge on any atom is -0.405 e. The van der Waals surface area contributed by atoms with Gasteiger partial charge in [-0.25, -0.2) is 0 Å². The molecular formula is C16H19N. The highest BCUT2D eigenvalue weighted by Crippen LogP contribution is 1.85. The number of hydrogen-bond donors (Lipinski definition) is 1. The van der Waals surface area contributed by atoms with Gasteiger partial charge in [-0.15, -0.1) is 0 Å². The number of nitrogens with two attached hydrogens (primary N) is 1. The van der Waals surface area contributed by atoms with Crippen molar-refractivity contribution in [2.45, 2.75) is 0 Å². The van der Waals surface area contributed by atoms with E-state index in [-0.39, 0.29) is 0 Å². The van der Waals surface area contributed by atoms with E-state index in [0.29, 0.717) is 0 Å². The first-order chi connectivity index (χ1) is 8.41. The predicted molar refractivity (Wildman–Crippen MR) is 78.4 cm³/mol. The first kappa shape index (κ1) is 14.7. The number of hydrogen-bond acceptors (Lipinski definition) is 1. The van der Waals surface area contributed by atoms with E-state index in [1.54, 1.807) is 12.2 Å². The summed E-state index contributed by atoms with van der Waals surface area (Å²) < 4.78 is 0. The molecule has 1 nitrogen and oxygen atoms in total. The summed E-state index contributed by atoms with van der Waals surface area (Å²) in [5.41, 5.74) is 5.17. The molecule has 0 saturated heterocycles. The van der Waals surface area contributed by atoms with E-state index in [0.717, 1.165) is 0 Å². The van der Waals surface area contributed by atoms with Gasteiger partial charge in [-0.3, -0.25) is 0 Å². The van der Waals surface area contributed by atoms with E-state index in [1.807, 2.05) is 72.9 Å². The van der Waals surface area contributed by atoms with Crippen molar-refractivity contribution in [3.05, 3.63) is 97.8 Å². The van der Waals surface area contributed by atoms with Crippen LogP contribution in [0, 0.1) is 0 Å². The molecule has 0 aliphatic rings. The molecule has 0 aromatic heterocycles. The Labute approximate surface area is 104 Å². The highest BCUT2D eigenvalue weighted by molar-refractivity contribution is 5.20. The fourth-order valence-electron chi connectivity index (χ4n) is 0.848. The molecule has 0 aromatic carbocycles. The van der Waals surface area contributed by atoms with Gasteiger partial charge >= 0.3 is 0 Å². The fraction of sp³-hybridized carbons (Fsp3) is 0. The Hall–Kier alpha value is -2.28. The maximum Gasteiger partial charge on any atom is -0.00624 e. The van der Waals surface area contributed by atoms with Crippen LogP contribution in [0.25, 0.3) is 0 Å². The fourth-order valence-corrected chi connectivity index (χ4v) is 0.848. The number of rotatable bonds is 7. The molecule has 0 rings (SSSR count). The van der Waals surface area contributed by atoms with Gasteiger partial charge in [0.25, 0.3) is 0 Å². The topological polar surface area (TPSA) is 26.0 Å². The van der Waals surface area contributed by atoms with Crippen LogP contribution in [0.4, 0.5) is 0 Å². The van der Waals surface area contributed by atoms with Crippen LogP contribution in [0.3, 0.4) is 0 Å². The molecule has 0 amide bonds. The van der Waals surface area contributed by atoms with Crippen molar-refractivity contribution < 1.29 is 0 Å². The van der Waals surface area contributed by atoms with Gasteiger partial charge in [0, 0.05) is 0 Å². The van der Waals surface area contributed by atoms with Crippen molar-refractivity contribution in [1.29, 1.82) is 0 Å². The molecule has 0 unspecified atom stereocenters. The Morgan fingerprint density at radius 2 is 0.765 bits per heavy atom. The van der Waals surface area contributed by atoms with Crippen LogP contribution >= 0.6 is 0 Å². The zero-order valence-electron chi connectivity index (χ0n) is 9.94. The summed E-state index contributed by atoms with van der Waals surface area (Å²) in [5, 5.41) is 0. The second-order valence-corrected chi connectivity index (χ2v) is 2.93. The van der Waals surface area contributed by atoms with Crippen molar-refractivity contribution in [1.82, 2.24) is 0 Å². The van der Waals surface area contributed by atoms with Crippen LogP contribution in [0.5, 0.6) is 0 Å². The van der Waals surface area contributed by atoms with Crippen molar-refractivity contribution in [2.75, 3.05) is 0 Å². The Bertz CT molecular complexity index is 374. The predicted octanol–water partition coefficient (Wildman–Crippen LogP) is 3.98. The molecule has 0 aliphatic heterocycles. The molecule has 0 heterocycles. The monoisotopic (exact) mass is 225 g/mol. The first-order valence-electron chi connectivity index (χ1n) is 5.41. The highest BCUT2D eigenvalue weighted by Gasteiger charge is 1.63. The zero-order valence-corrected chi connectivity index (χ0v) is 9.94. The maximum absolute atomic E-state index is 5.17. The lowest BCUT2D eigenvalue weighted by molar-refractivity contribution is 1.60. The Balaban J connectivity index is 3.80. The van der Waals surface area contributed by atoms with Crippen LogP contribution in [0.2, 0.25) is 0 Å². The molecule has 0 fully saturated rings. The van der Waals surface area contributed by atoms with Crippen molar-refractivity contribution in [3.63, 3.8) is 0 Å². The van der Waals surface area contributed by atoms with E-state index in [1.165, 1.54) is 6.20 Å². The second kappa shape index (κ2) is 13.7. The Morgan fingerprint density at radius 1 is 0.471 bits per heavy atom. The average Bonchev–Trinajstić information content (AvgIpc) is 2.35. The van der Waals surface area contributed by atoms with Gasteiger partial charge in [-0.2, -0.15) is 0 Å². The van der Waals surface area contributed by atoms with Crippen LogP contribution in [0.1, 0.15) is 0 Å². The molecule has 17 heavy (non-hydrogen) atoms. The Morgan fingerprint density at radius 3 is 1.06 bits per heavy atom. The molecule has 0 radical (unpaired) electrons. The van der Waals surface area contributed by atoms with Crippen LogP contribution in [-0.4, -0.2) is 0 Å². The standard InChI is InChI=1S/C16H19N/c1-2-3-4-5-6-7-8-9-10-11-12-13-14-15-16-17/h2-16H,1,17H2/b4-3+,6-5+,8-7+,10-9+,12-11+,14-13+,16-15+. The Kier molecular flexibility index (Phi) is 11.9. The minimum absolute atomic E-state index is 1.50. The summed E-state index contributed by atoms with van der Waals surface area (Å²) >= 11 is 0. The number of allylic oxidation sites excluding steroid dienone is 14. The van der Waals surface area contributed by atoms with Gasteiger partial charge < -0.3 is 5.73 Å². The third-order valence-corrected chi connectivity index (χ3v) is 1.58. The summed E-state index contributed by atoms with van der Waals surface area (Å²) in [7, 11) is 0. The van der Waals surface area contributed by atoms with Gasteiger partial charge in [0.15, 0.2) is 0 Å². The molecule has 0 atom stereocenters. The second-order valence-electron chi connectivity index (χ2n) is 2.93. The lowest BCUT2D eigenvalue weighted by atomic mass is 10.3. The first-order valence-corrected chi connectivity index (χ1v) is 5.41. The average molecular weight is 225 g/mol. The third kappa shape index (κ3) is 13.7. The molecule has 2 N–H and O–H groups in total. The minimum atomic E-state index is 1.50. The maximum atomic E-state index is 5.17. The highest BCUT2D eigenvalue weighted by atomic mass is 14.5. The van der Waals surface area contributed by atoms with Crippen LogP contribution in [-0.2, 0) is 0 Å². The summed E-state index contributed by atoms with van der Waals surface area (Å²) in [6.45, 7) is 3.58. The van der Waals surface area contributed by atoms with Crippen LogP contribution in [0.15, 0.2) is 97.8 Å². The van der Waals surface area contributed by atoms with Crippen molar-refractivity contribution in [2.24, 2.45) is 5.73 Å². The lowest BCUT2D eigenvalue weighted by Crippen LogP contribution is -1.71. The third-order valence-electron chi connectivity index (χ3n) is 1.58. The van der Waals surface area contributed by atoms with Crippen molar-refractivity contribution >= 4 is 0 Å². The van der Waals surface area contributed by atoms with E-state index < -0.39 is 0 Å². The van der Waals surface area contributed by atoms with E-state index in [9.17, 15) is 0 Å². The van der Waals surface area contributed by atoms with E-state index in [4.69, 9.17) is 5.73 Å². The molecule has 0 aliphatic carbocycles. The quantitative estimate of drug-likeness (QED) is 0.651. The SMILES string of the molecule is C=C/C=C/C=C/C=C/C=C/C=C/C=C/C=C/N. The van der Waals surface area contributed by atoms with E-state index >= 15 is 0 Å². The van der Waals surface area contributed by atoms with Gasteiger partial charge in [0.05, 0.1) is 0 Å². The summed E-state index contributed by atoms with van der Waals surface area (Å²) in [5.74, 6) is 0. The normalized spacial score (nSPS) is 13.9. The molecule has 0 saturated carbocycles. The molecule has 0 spiro atoms. The summed E-state index contributed by atoms with van der Waals surface area (Å²) in [6.07, 6.45) is 28.2. The molecule has 88 valence electrons. The smallest absolute Gasteiger partial charge is 0.00624 e. The van der Waals surface area contributed by atoms with E-state index in [2.05, 4.69) is 6.58 Å². The summed E-state index contributed by atoms with van der Waals surface area (Å²) in [4.78, 5) is 0. The molecule has 0 aromatic rings. The van der Waals surface area contributed by atoms with Gasteiger partial charge in [0.1, 0.15) is 0 Å². The molecule has 0 bridgehead atoms. The van der Waals surface area contributed by atoms with Gasteiger partial charge in [-0.05, 0) is 12.3 Å². The summed E-state index contributed by atoms with van der Waals surface area (Å²) in [6, 6.07) is 0. The molecule has 1 heteroatoms. The van der Waals surface area contributed by atoms with Crippen LogP contribution < -0.4 is 5.73 Å². The largest absolute Gasteiger partial charge is 0.405 e. The van der Waals surface area contributed by atoms with Gasteiger partial charge in [-0.1, -0.05) is 85.6 Å². The lowest BCUT2D eigenvalue weighted by Gasteiger charge is -1.74.